The van der Waals surface area contributed by atoms with Crippen LogP contribution in [0.25, 0.3) is 0 Å². The molecule has 0 unspecified atom stereocenters. The SMILES string of the molecule is Cc1ccc([N+](=O)[O-])cc1N=Cc1ccc(Cl)cc1Cl. The van der Waals surface area contributed by atoms with Crippen molar-refractivity contribution in [2.75, 3.05) is 0 Å². The van der Waals surface area contributed by atoms with E-state index < -0.39 is 4.92 Å². The first-order chi connectivity index (χ1) is 9.47. The van der Waals surface area contributed by atoms with Gasteiger partial charge in [-0.1, -0.05) is 35.3 Å². The summed E-state index contributed by atoms with van der Waals surface area (Å²) in [4.78, 5) is 14.6. The first-order valence-corrected chi connectivity index (χ1v) is 6.47. The molecule has 0 saturated heterocycles. The summed E-state index contributed by atoms with van der Waals surface area (Å²) in [5.41, 5.74) is 2.08. The molecule has 0 atom stereocenters. The van der Waals surface area contributed by atoms with Gasteiger partial charge in [-0.15, -0.1) is 0 Å². The van der Waals surface area contributed by atoms with Gasteiger partial charge in [-0.2, -0.15) is 0 Å². The number of aryl methyl sites for hydroxylation is 1. The van der Waals surface area contributed by atoms with Crippen molar-refractivity contribution in [3.8, 4) is 0 Å². The normalized spacial score (nSPS) is 10.9. The zero-order valence-electron chi connectivity index (χ0n) is 10.5. The molecule has 0 spiro atoms. The molecular weight excluding hydrogens is 299 g/mol. The maximum Gasteiger partial charge on any atom is 0.271 e. The predicted octanol–water partition coefficient (Wildman–Crippen LogP) is 4.96. The van der Waals surface area contributed by atoms with E-state index in [1.807, 2.05) is 6.92 Å². The fourth-order valence-electron chi connectivity index (χ4n) is 1.60. The highest BCUT2D eigenvalue weighted by Crippen LogP contribution is 2.25. The molecule has 0 saturated carbocycles. The molecule has 102 valence electrons. The van der Waals surface area contributed by atoms with Gasteiger partial charge >= 0.3 is 0 Å². The van der Waals surface area contributed by atoms with Crippen LogP contribution in [-0.2, 0) is 0 Å². The molecule has 6 heteroatoms. The zero-order chi connectivity index (χ0) is 14.7. The van der Waals surface area contributed by atoms with E-state index in [4.69, 9.17) is 23.2 Å². The molecule has 0 aromatic heterocycles. The minimum absolute atomic E-state index is 0.00459. The van der Waals surface area contributed by atoms with E-state index in [1.165, 1.54) is 12.1 Å². The van der Waals surface area contributed by atoms with Gasteiger partial charge in [0.2, 0.25) is 0 Å². The van der Waals surface area contributed by atoms with Gasteiger partial charge < -0.3 is 0 Å². The molecule has 0 aliphatic rings. The minimum Gasteiger partial charge on any atom is -0.258 e. The molecule has 2 aromatic carbocycles. The molecular formula is C14H10Cl2N2O2. The van der Waals surface area contributed by atoms with Crippen molar-refractivity contribution >= 4 is 40.8 Å². The van der Waals surface area contributed by atoms with E-state index in [2.05, 4.69) is 4.99 Å². The molecule has 0 amide bonds. The van der Waals surface area contributed by atoms with Crippen LogP contribution < -0.4 is 0 Å². The minimum atomic E-state index is -0.451. The number of hydrogen-bond acceptors (Lipinski definition) is 3. The van der Waals surface area contributed by atoms with Crippen molar-refractivity contribution in [1.82, 2.24) is 0 Å². The van der Waals surface area contributed by atoms with Gasteiger partial charge in [0.15, 0.2) is 0 Å². The Hall–Kier alpha value is -1.91. The summed E-state index contributed by atoms with van der Waals surface area (Å²) in [6.07, 6.45) is 1.56. The average molecular weight is 309 g/mol. The Morgan fingerprint density at radius 2 is 1.95 bits per heavy atom. The number of nitro benzene ring substituents is 1. The quantitative estimate of drug-likeness (QED) is 0.457. The number of rotatable bonds is 3. The third-order valence-electron chi connectivity index (χ3n) is 2.71. The summed E-state index contributed by atoms with van der Waals surface area (Å²) in [6, 6.07) is 9.59. The Kier molecular flexibility index (Phi) is 4.37. The Morgan fingerprint density at radius 1 is 1.20 bits per heavy atom. The maximum absolute atomic E-state index is 10.7. The Labute approximate surface area is 125 Å². The Balaban J connectivity index is 2.35. The van der Waals surface area contributed by atoms with E-state index in [0.29, 0.717) is 21.3 Å². The van der Waals surface area contributed by atoms with Gasteiger partial charge in [-0.25, -0.2) is 0 Å². The van der Waals surface area contributed by atoms with Crippen molar-refractivity contribution in [3.63, 3.8) is 0 Å². The van der Waals surface area contributed by atoms with Gasteiger partial charge in [-0.3, -0.25) is 15.1 Å². The predicted molar refractivity (Wildman–Crippen MR) is 81.5 cm³/mol. The van der Waals surface area contributed by atoms with Crippen LogP contribution in [0, 0.1) is 17.0 Å². The Bertz CT molecular complexity index is 700. The van der Waals surface area contributed by atoms with Crippen LogP contribution in [0.15, 0.2) is 41.4 Å². The summed E-state index contributed by atoms with van der Waals surface area (Å²) in [5, 5.41) is 11.8. The first kappa shape index (κ1) is 14.5. The fraction of sp³-hybridized carbons (Fsp3) is 0.0714. The van der Waals surface area contributed by atoms with Gasteiger partial charge in [0.25, 0.3) is 5.69 Å². The number of non-ortho nitro benzene ring substituents is 1. The summed E-state index contributed by atoms with van der Waals surface area (Å²) >= 11 is 11.8. The molecule has 0 bridgehead atoms. The Morgan fingerprint density at radius 3 is 2.60 bits per heavy atom. The molecule has 20 heavy (non-hydrogen) atoms. The van der Waals surface area contributed by atoms with Crippen LogP contribution in [0.5, 0.6) is 0 Å². The molecule has 0 radical (unpaired) electrons. The second kappa shape index (κ2) is 6.03. The summed E-state index contributed by atoms with van der Waals surface area (Å²) in [5.74, 6) is 0. The fourth-order valence-corrected chi connectivity index (χ4v) is 2.05. The van der Waals surface area contributed by atoms with Crippen molar-refractivity contribution in [2.45, 2.75) is 6.92 Å². The van der Waals surface area contributed by atoms with Crippen molar-refractivity contribution in [2.24, 2.45) is 4.99 Å². The van der Waals surface area contributed by atoms with Crippen LogP contribution >= 0.6 is 23.2 Å². The average Bonchev–Trinajstić information content (AvgIpc) is 2.39. The first-order valence-electron chi connectivity index (χ1n) is 5.71. The van der Waals surface area contributed by atoms with Crippen LogP contribution in [0.4, 0.5) is 11.4 Å². The molecule has 0 N–H and O–H groups in total. The second-order valence-electron chi connectivity index (χ2n) is 4.15. The largest absolute Gasteiger partial charge is 0.271 e. The highest BCUT2D eigenvalue weighted by Gasteiger charge is 2.07. The van der Waals surface area contributed by atoms with Crippen LogP contribution in [-0.4, -0.2) is 11.1 Å². The van der Waals surface area contributed by atoms with E-state index in [0.717, 1.165) is 5.56 Å². The standard InChI is InChI=1S/C14H10Cl2N2O2/c1-9-2-5-12(18(19)20)7-14(9)17-8-10-3-4-11(15)6-13(10)16/h2-8H,1H3. The van der Waals surface area contributed by atoms with Crippen molar-refractivity contribution in [1.29, 1.82) is 0 Å². The lowest BCUT2D eigenvalue weighted by atomic mass is 10.2. The second-order valence-corrected chi connectivity index (χ2v) is 5.00. The number of halogens is 2. The molecule has 2 rings (SSSR count). The van der Waals surface area contributed by atoms with Gasteiger partial charge in [0.05, 0.1) is 15.6 Å². The number of hydrogen-bond donors (Lipinski definition) is 0. The van der Waals surface area contributed by atoms with Crippen molar-refractivity contribution in [3.05, 3.63) is 67.7 Å². The van der Waals surface area contributed by atoms with E-state index >= 15 is 0 Å². The topological polar surface area (TPSA) is 55.5 Å². The molecule has 0 heterocycles. The lowest BCUT2D eigenvalue weighted by Crippen LogP contribution is -1.88. The molecule has 2 aromatic rings. The molecule has 4 nitrogen and oxygen atoms in total. The molecule has 0 aliphatic heterocycles. The maximum atomic E-state index is 10.7. The van der Waals surface area contributed by atoms with E-state index in [1.54, 1.807) is 30.5 Å². The van der Waals surface area contributed by atoms with E-state index in [9.17, 15) is 10.1 Å². The zero-order valence-corrected chi connectivity index (χ0v) is 12.0. The lowest BCUT2D eigenvalue weighted by molar-refractivity contribution is -0.384. The highest BCUT2D eigenvalue weighted by molar-refractivity contribution is 6.36. The van der Waals surface area contributed by atoms with Gasteiger partial charge in [0, 0.05) is 28.9 Å². The van der Waals surface area contributed by atoms with Crippen LogP contribution in [0.3, 0.4) is 0 Å². The number of benzene rings is 2. The van der Waals surface area contributed by atoms with Crippen LogP contribution in [0.2, 0.25) is 10.0 Å². The smallest absolute Gasteiger partial charge is 0.258 e. The summed E-state index contributed by atoms with van der Waals surface area (Å²) < 4.78 is 0. The molecule has 0 aliphatic carbocycles. The number of nitro groups is 1. The lowest BCUT2D eigenvalue weighted by Gasteiger charge is -2.01. The van der Waals surface area contributed by atoms with Gasteiger partial charge in [-0.05, 0) is 24.6 Å². The third-order valence-corrected chi connectivity index (χ3v) is 3.27. The monoisotopic (exact) mass is 308 g/mol. The van der Waals surface area contributed by atoms with Gasteiger partial charge in [0.1, 0.15) is 0 Å². The van der Waals surface area contributed by atoms with Crippen molar-refractivity contribution < 1.29 is 4.92 Å². The number of aliphatic imine (C=N–C) groups is 1. The van der Waals surface area contributed by atoms with Crippen LogP contribution in [0.1, 0.15) is 11.1 Å². The van der Waals surface area contributed by atoms with E-state index in [-0.39, 0.29) is 5.69 Å². The third kappa shape index (κ3) is 3.35. The summed E-state index contributed by atoms with van der Waals surface area (Å²) in [7, 11) is 0. The number of nitrogens with zero attached hydrogens (tertiary/aromatic N) is 2. The molecule has 0 fully saturated rings. The highest BCUT2D eigenvalue weighted by atomic mass is 35.5. The summed E-state index contributed by atoms with van der Waals surface area (Å²) in [6.45, 7) is 1.83.